The zero-order valence-corrected chi connectivity index (χ0v) is 12.9. The van der Waals surface area contributed by atoms with Crippen molar-refractivity contribution in [1.29, 1.82) is 5.26 Å². The monoisotopic (exact) mass is 314 g/mol. The van der Waals surface area contributed by atoms with Crippen LogP contribution in [0.3, 0.4) is 0 Å². The zero-order valence-electron chi connectivity index (χ0n) is 12.1. The fraction of sp³-hybridized carbons (Fsp3) is 0.583. The number of nitriles is 1. The van der Waals surface area contributed by atoms with Gasteiger partial charge in [-0.1, -0.05) is 0 Å². The molecule has 0 bridgehead atoms. The van der Waals surface area contributed by atoms with Gasteiger partial charge in [-0.25, -0.2) is 13.1 Å². The lowest BCUT2D eigenvalue weighted by atomic mass is 10.2. The van der Waals surface area contributed by atoms with Gasteiger partial charge in [-0.05, 0) is 20.8 Å². The van der Waals surface area contributed by atoms with E-state index in [1.54, 1.807) is 20.8 Å². The summed E-state index contributed by atoms with van der Waals surface area (Å²) in [5.74, 6) is -1.42. The molecule has 0 amide bonds. The van der Waals surface area contributed by atoms with Crippen LogP contribution in [0, 0.1) is 31.1 Å². The molecule has 21 heavy (non-hydrogen) atoms. The molecule has 0 aliphatic heterocycles. The number of rotatable bonds is 7. The molecule has 0 spiro atoms. The molecule has 1 atom stereocenters. The molecule has 1 unspecified atom stereocenters. The van der Waals surface area contributed by atoms with E-state index in [9.17, 15) is 13.2 Å². The zero-order chi connectivity index (χ0) is 16.2. The van der Waals surface area contributed by atoms with E-state index in [2.05, 4.69) is 9.82 Å². The van der Waals surface area contributed by atoms with Gasteiger partial charge in [-0.3, -0.25) is 9.48 Å². The van der Waals surface area contributed by atoms with Crippen molar-refractivity contribution in [3.8, 4) is 6.07 Å². The van der Waals surface area contributed by atoms with Crippen LogP contribution >= 0.6 is 0 Å². The molecule has 1 aromatic heterocycles. The van der Waals surface area contributed by atoms with Gasteiger partial charge < -0.3 is 5.11 Å². The lowest BCUT2D eigenvalue weighted by molar-refractivity contribution is -0.137. The first-order valence-corrected chi connectivity index (χ1v) is 7.82. The maximum atomic E-state index is 12.3. The molecular formula is C12H18N4O4S. The van der Waals surface area contributed by atoms with Crippen molar-refractivity contribution in [3.63, 3.8) is 0 Å². The molecule has 0 radical (unpaired) electrons. The molecule has 0 aromatic carbocycles. The van der Waals surface area contributed by atoms with Crippen LogP contribution in [0.2, 0.25) is 0 Å². The number of hydrogen-bond donors (Lipinski definition) is 2. The fourth-order valence-corrected chi connectivity index (χ4v) is 3.38. The third kappa shape index (κ3) is 4.27. The van der Waals surface area contributed by atoms with Crippen LogP contribution < -0.4 is 4.72 Å². The Labute approximate surface area is 123 Å². The second-order valence-corrected chi connectivity index (χ2v) is 6.45. The van der Waals surface area contributed by atoms with E-state index in [-0.39, 0.29) is 24.4 Å². The molecule has 0 aliphatic rings. The van der Waals surface area contributed by atoms with Crippen molar-refractivity contribution in [3.05, 3.63) is 11.4 Å². The Morgan fingerprint density at radius 2 is 2.14 bits per heavy atom. The highest BCUT2D eigenvalue weighted by atomic mass is 32.2. The Balaban J connectivity index is 3.02. The normalized spacial score (nSPS) is 12.9. The molecule has 0 saturated heterocycles. The summed E-state index contributed by atoms with van der Waals surface area (Å²) in [6.45, 7) is 4.85. The minimum absolute atomic E-state index is 0.0119. The first-order valence-electron chi connectivity index (χ1n) is 6.34. The van der Waals surface area contributed by atoms with E-state index in [1.165, 1.54) is 4.68 Å². The minimum Gasteiger partial charge on any atom is -0.481 e. The maximum absolute atomic E-state index is 12.3. The highest BCUT2D eigenvalue weighted by Crippen LogP contribution is 2.19. The standard InChI is InChI=1S/C12H18N4O4S/c1-8(6-13)7-14-21(19,20)12-9(2)15-16(10(12)3)5-4-11(17)18/h8,14H,4-5,7H2,1-3H3,(H,17,18). The van der Waals surface area contributed by atoms with Crippen molar-refractivity contribution < 1.29 is 18.3 Å². The van der Waals surface area contributed by atoms with E-state index >= 15 is 0 Å². The first kappa shape index (κ1) is 17.1. The van der Waals surface area contributed by atoms with Crippen LogP contribution in [0.1, 0.15) is 24.7 Å². The number of nitrogens with one attached hydrogen (secondary N) is 1. The summed E-state index contributed by atoms with van der Waals surface area (Å²) >= 11 is 0. The Morgan fingerprint density at radius 1 is 1.52 bits per heavy atom. The van der Waals surface area contributed by atoms with E-state index in [1.807, 2.05) is 6.07 Å². The van der Waals surface area contributed by atoms with Crippen molar-refractivity contribution in [2.24, 2.45) is 5.92 Å². The Bertz CT molecular complexity index is 672. The Kier molecular flexibility index (Phi) is 5.46. The van der Waals surface area contributed by atoms with Gasteiger partial charge in [0.15, 0.2) is 0 Å². The number of carbonyl (C=O) groups is 1. The molecule has 1 rings (SSSR count). The number of carboxylic acid groups (broad SMARTS) is 1. The molecule has 9 heteroatoms. The van der Waals surface area contributed by atoms with E-state index < -0.39 is 21.9 Å². The lowest BCUT2D eigenvalue weighted by Crippen LogP contribution is -2.28. The van der Waals surface area contributed by atoms with Crippen LogP contribution in [0.25, 0.3) is 0 Å². The highest BCUT2D eigenvalue weighted by Gasteiger charge is 2.24. The third-order valence-corrected chi connectivity index (χ3v) is 4.60. The molecule has 0 saturated carbocycles. The second kappa shape index (κ2) is 6.69. The number of carboxylic acids is 1. The highest BCUT2D eigenvalue weighted by molar-refractivity contribution is 7.89. The molecular weight excluding hydrogens is 296 g/mol. The summed E-state index contributed by atoms with van der Waals surface area (Å²) in [4.78, 5) is 10.6. The third-order valence-electron chi connectivity index (χ3n) is 2.92. The summed E-state index contributed by atoms with van der Waals surface area (Å²) in [5, 5.41) is 21.4. The summed E-state index contributed by atoms with van der Waals surface area (Å²) in [7, 11) is -3.78. The van der Waals surface area contributed by atoms with Crippen molar-refractivity contribution in [2.75, 3.05) is 6.54 Å². The van der Waals surface area contributed by atoms with Crippen molar-refractivity contribution >= 4 is 16.0 Å². The number of nitrogens with zero attached hydrogens (tertiary/aromatic N) is 3. The Morgan fingerprint density at radius 3 is 2.67 bits per heavy atom. The molecule has 8 nitrogen and oxygen atoms in total. The minimum atomic E-state index is -3.78. The van der Waals surface area contributed by atoms with Crippen LogP contribution in [-0.4, -0.2) is 35.8 Å². The lowest BCUT2D eigenvalue weighted by Gasteiger charge is -2.08. The van der Waals surface area contributed by atoms with Crippen LogP contribution in [0.4, 0.5) is 0 Å². The number of sulfonamides is 1. The molecule has 1 heterocycles. The first-order chi connectivity index (χ1) is 9.69. The van der Waals surface area contributed by atoms with Gasteiger partial charge in [-0.15, -0.1) is 0 Å². The molecule has 2 N–H and O–H groups in total. The Hall–Kier alpha value is -1.92. The van der Waals surface area contributed by atoms with E-state index in [0.717, 1.165) is 0 Å². The fourth-order valence-electron chi connectivity index (χ4n) is 1.84. The van der Waals surface area contributed by atoms with Crippen molar-refractivity contribution in [2.45, 2.75) is 38.6 Å². The molecule has 0 aliphatic carbocycles. The van der Waals surface area contributed by atoms with Gasteiger partial charge in [0.05, 0.1) is 36.3 Å². The number of aryl methyl sites for hydroxylation is 2. The largest absolute Gasteiger partial charge is 0.481 e. The van der Waals surface area contributed by atoms with Crippen molar-refractivity contribution in [1.82, 2.24) is 14.5 Å². The second-order valence-electron chi connectivity index (χ2n) is 4.75. The average Bonchev–Trinajstić information content (AvgIpc) is 2.68. The summed E-state index contributed by atoms with van der Waals surface area (Å²) in [5.41, 5.74) is 0.681. The summed E-state index contributed by atoms with van der Waals surface area (Å²) < 4.78 is 28.2. The van der Waals surface area contributed by atoms with E-state index in [4.69, 9.17) is 10.4 Å². The van der Waals surface area contributed by atoms with Gasteiger partial charge in [0.25, 0.3) is 0 Å². The molecule has 0 fully saturated rings. The number of aliphatic carboxylic acids is 1. The van der Waals surface area contributed by atoms with Gasteiger partial charge in [0, 0.05) is 6.54 Å². The van der Waals surface area contributed by atoms with Crippen LogP contribution in [0.15, 0.2) is 4.90 Å². The summed E-state index contributed by atoms with van der Waals surface area (Å²) in [6.07, 6.45) is -0.139. The van der Waals surface area contributed by atoms with Gasteiger partial charge in [0.1, 0.15) is 4.90 Å². The van der Waals surface area contributed by atoms with Crippen LogP contribution in [-0.2, 0) is 21.4 Å². The van der Waals surface area contributed by atoms with Gasteiger partial charge in [-0.2, -0.15) is 10.4 Å². The average molecular weight is 314 g/mol. The predicted octanol–water partition coefficient (Wildman–Crippen LogP) is 0.413. The predicted molar refractivity (Wildman–Crippen MR) is 73.9 cm³/mol. The van der Waals surface area contributed by atoms with Gasteiger partial charge >= 0.3 is 5.97 Å². The SMILES string of the molecule is Cc1nn(CCC(=O)O)c(C)c1S(=O)(=O)NCC(C)C#N. The topological polar surface area (TPSA) is 125 Å². The number of aromatic nitrogens is 2. The number of hydrogen-bond acceptors (Lipinski definition) is 5. The molecule has 1 aromatic rings. The van der Waals surface area contributed by atoms with Gasteiger partial charge in [0.2, 0.25) is 10.0 Å². The smallest absolute Gasteiger partial charge is 0.305 e. The molecule has 116 valence electrons. The van der Waals surface area contributed by atoms with Crippen LogP contribution in [0.5, 0.6) is 0 Å². The summed E-state index contributed by atoms with van der Waals surface area (Å²) in [6, 6.07) is 1.94. The quantitative estimate of drug-likeness (QED) is 0.751. The maximum Gasteiger partial charge on any atom is 0.305 e. The van der Waals surface area contributed by atoms with E-state index in [0.29, 0.717) is 11.4 Å².